The Labute approximate surface area is 118 Å². The van der Waals surface area contributed by atoms with Crippen molar-refractivity contribution >= 4 is 15.9 Å². The molecule has 0 spiro atoms. The first-order valence-corrected chi connectivity index (χ1v) is 8.70. The SMILES string of the molecule is O=C(NC1CC1)N1CCS(=O)(=O)C[C@@H]1c1ccccc1. The van der Waals surface area contributed by atoms with Crippen molar-refractivity contribution in [1.82, 2.24) is 10.2 Å². The summed E-state index contributed by atoms with van der Waals surface area (Å²) in [5, 5.41) is 2.94. The lowest BCUT2D eigenvalue weighted by Gasteiger charge is -2.35. The van der Waals surface area contributed by atoms with Crippen molar-refractivity contribution in [2.75, 3.05) is 18.1 Å². The van der Waals surface area contributed by atoms with E-state index < -0.39 is 9.84 Å². The van der Waals surface area contributed by atoms with E-state index in [4.69, 9.17) is 0 Å². The van der Waals surface area contributed by atoms with Crippen LogP contribution in [0.1, 0.15) is 24.4 Å². The Morgan fingerprint density at radius 3 is 2.55 bits per heavy atom. The van der Waals surface area contributed by atoms with Crippen LogP contribution in [0, 0.1) is 0 Å². The molecule has 6 heteroatoms. The van der Waals surface area contributed by atoms with Crippen LogP contribution < -0.4 is 5.32 Å². The Hall–Kier alpha value is -1.56. The molecule has 0 unspecified atom stereocenters. The van der Waals surface area contributed by atoms with Gasteiger partial charge in [0.2, 0.25) is 0 Å². The molecule has 1 saturated heterocycles. The van der Waals surface area contributed by atoms with Crippen molar-refractivity contribution in [1.29, 1.82) is 0 Å². The molecule has 1 aliphatic carbocycles. The molecule has 1 N–H and O–H groups in total. The highest BCUT2D eigenvalue weighted by Gasteiger charge is 2.36. The predicted molar refractivity (Wildman–Crippen MR) is 76.1 cm³/mol. The number of sulfone groups is 1. The summed E-state index contributed by atoms with van der Waals surface area (Å²) in [5.74, 6) is 0.0590. The molecular weight excluding hydrogens is 276 g/mol. The number of benzene rings is 1. The molecule has 2 amide bonds. The summed E-state index contributed by atoms with van der Waals surface area (Å²) in [6.45, 7) is 0.264. The zero-order chi connectivity index (χ0) is 14.2. The Balaban J connectivity index is 1.84. The van der Waals surface area contributed by atoms with E-state index in [1.54, 1.807) is 4.90 Å². The number of nitrogens with one attached hydrogen (secondary N) is 1. The third-order valence-corrected chi connectivity index (χ3v) is 5.41. The molecule has 1 aliphatic heterocycles. The van der Waals surface area contributed by atoms with Gasteiger partial charge in [0.1, 0.15) is 0 Å². The van der Waals surface area contributed by atoms with E-state index in [-0.39, 0.29) is 36.2 Å². The molecule has 108 valence electrons. The highest BCUT2D eigenvalue weighted by Crippen LogP contribution is 2.28. The number of amides is 2. The second kappa shape index (κ2) is 5.09. The minimum absolute atomic E-state index is 0.00903. The van der Waals surface area contributed by atoms with Crippen LogP contribution >= 0.6 is 0 Å². The fraction of sp³-hybridized carbons (Fsp3) is 0.500. The molecule has 0 aromatic heterocycles. The first-order chi connectivity index (χ1) is 9.55. The van der Waals surface area contributed by atoms with Crippen molar-refractivity contribution in [2.24, 2.45) is 0 Å². The second-order valence-corrected chi connectivity index (χ2v) is 7.69. The predicted octanol–water partition coefficient (Wildman–Crippen LogP) is 1.33. The summed E-state index contributed by atoms with van der Waals surface area (Å²) in [7, 11) is -3.08. The maximum Gasteiger partial charge on any atom is 0.318 e. The third kappa shape index (κ3) is 2.95. The van der Waals surface area contributed by atoms with E-state index in [9.17, 15) is 13.2 Å². The Kier molecular flexibility index (Phi) is 3.41. The van der Waals surface area contributed by atoms with E-state index in [0.717, 1.165) is 18.4 Å². The smallest absolute Gasteiger partial charge is 0.318 e. The zero-order valence-electron chi connectivity index (χ0n) is 11.2. The fourth-order valence-electron chi connectivity index (χ4n) is 2.49. The standard InChI is InChI=1S/C14H18N2O3S/c17-14(15-12-6-7-12)16-8-9-20(18,19)10-13(16)11-4-2-1-3-5-11/h1-5,12-13H,6-10H2,(H,15,17)/t13-/m1/s1. The zero-order valence-corrected chi connectivity index (χ0v) is 12.0. The quantitative estimate of drug-likeness (QED) is 0.895. The van der Waals surface area contributed by atoms with Gasteiger partial charge in [0, 0.05) is 12.6 Å². The van der Waals surface area contributed by atoms with E-state index in [1.165, 1.54) is 0 Å². The van der Waals surface area contributed by atoms with E-state index >= 15 is 0 Å². The van der Waals surface area contributed by atoms with Crippen molar-refractivity contribution < 1.29 is 13.2 Å². The Bertz CT molecular complexity index is 596. The van der Waals surface area contributed by atoms with Crippen LogP contribution in [0.25, 0.3) is 0 Å². The van der Waals surface area contributed by atoms with Crippen LogP contribution in [-0.2, 0) is 9.84 Å². The second-order valence-electron chi connectivity index (χ2n) is 5.46. The summed E-state index contributed by atoms with van der Waals surface area (Å²) in [5.41, 5.74) is 0.877. The summed E-state index contributed by atoms with van der Waals surface area (Å²) < 4.78 is 23.8. The molecule has 20 heavy (non-hydrogen) atoms. The number of nitrogens with zero attached hydrogens (tertiary/aromatic N) is 1. The van der Waals surface area contributed by atoms with Crippen molar-refractivity contribution in [3.05, 3.63) is 35.9 Å². The van der Waals surface area contributed by atoms with Crippen LogP contribution in [0.5, 0.6) is 0 Å². The maximum atomic E-state index is 12.3. The number of carbonyl (C=O) groups excluding carboxylic acids is 1. The minimum Gasteiger partial charge on any atom is -0.335 e. The van der Waals surface area contributed by atoms with Gasteiger partial charge in [-0.05, 0) is 18.4 Å². The molecule has 0 radical (unpaired) electrons. The number of hydrogen-bond donors (Lipinski definition) is 1. The summed E-state index contributed by atoms with van der Waals surface area (Å²) in [6.07, 6.45) is 2.04. The van der Waals surface area contributed by atoms with Crippen molar-refractivity contribution in [3.8, 4) is 0 Å². The number of rotatable bonds is 2. The topological polar surface area (TPSA) is 66.5 Å². The van der Waals surface area contributed by atoms with Crippen LogP contribution in [0.4, 0.5) is 4.79 Å². The highest BCUT2D eigenvalue weighted by molar-refractivity contribution is 7.91. The molecule has 2 fully saturated rings. The van der Waals surface area contributed by atoms with Crippen molar-refractivity contribution in [2.45, 2.75) is 24.9 Å². The first-order valence-electron chi connectivity index (χ1n) is 6.88. The number of carbonyl (C=O) groups is 1. The summed E-state index contributed by atoms with van der Waals surface area (Å²) in [6, 6.07) is 9.13. The molecule has 5 nitrogen and oxygen atoms in total. The molecule has 1 heterocycles. The van der Waals surface area contributed by atoms with Gasteiger partial charge in [0.15, 0.2) is 9.84 Å². The molecule has 3 rings (SSSR count). The maximum absolute atomic E-state index is 12.3. The molecule has 1 aromatic carbocycles. The molecule has 0 bridgehead atoms. The fourth-order valence-corrected chi connectivity index (χ4v) is 3.98. The Morgan fingerprint density at radius 1 is 1.20 bits per heavy atom. The summed E-state index contributed by atoms with van der Waals surface area (Å²) >= 11 is 0. The van der Waals surface area contributed by atoms with Gasteiger partial charge < -0.3 is 10.2 Å². The monoisotopic (exact) mass is 294 g/mol. The van der Waals surface area contributed by atoms with Gasteiger partial charge in [-0.1, -0.05) is 30.3 Å². The van der Waals surface area contributed by atoms with Crippen LogP contribution in [0.3, 0.4) is 0 Å². The highest BCUT2D eigenvalue weighted by atomic mass is 32.2. The number of hydrogen-bond acceptors (Lipinski definition) is 3. The average molecular weight is 294 g/mol. The molecular formula is C14H18N2O3S. The van der Waals surface area contributed by atoms with Gasteiger partial charge >= 0.3 is 6.03 Å². The van der Waals surface area contributed by atoms with E-state index in [2.05, 4.69) is 5.32 Å². The summed E-state index contributed by atoms with van der Waals surface area (Å²) in [4.78, 5) is 13.9. The van der Waals surface area contributed by atoms with Crippen molar-refractivity contribution in [3.63, 3.8) is 0 Å². The Morgan fingerprint density at radius 2 is 1.90 bits per heavy atom. The first kappa shape index (κ1) is 13.4. The largest absolute Gasteiger partial charge is 0.335 e. The van der Waals surface area contributed by atoms with Crippen LogP contribution in [-0.4, -0.2) is 43.4 Å². The van der Waals surface area contributed by atoms with Gasteiger partial charge in [0.25, 0.3) is 0 Å². The average Bonchev–Trinajstić information content (AvgIpc) is 3.22. The molecule has 1 saturated carbocycles. The number of urea groups is 1. The minimum atomic E-state index is -3.08. The van der Waals surface area contributed by atoms with Gasteiger partial charge in [-0.25, -0.2) is 13.2 Å². The lowest BCUT2D eigenvalue weighted by atomic mass is 10.1. The van der Waals surface area contributed by atoms with Gasteiger partial charge in [-0.15, -0.1) is 0 Å². The van der Waals surface area contributed by atoms with Gasteiger partial charge in [0.05, 0.1) is 17.5 Å². The van der Waals surface area contributed by atoms with Gasteiger partial charge in [-0.3, -0.25) is 0 Å². The van der Waals surface area contributed by atoms with Crippen LogP contribution in [0.2, 0.25) is 0 Å². The molecule has 1 atom stereocenters. The third-order valence-electron chi connectivity index (χ3n) is 3.78. The van der Waals surface area contributed by atoms with Gasteiger partial charge in [-0.2, -0.15) is 0 Å². The van der Waals surface area contributed by atoms with Crippen LogP contribution in [0.15, 0.2) is 30.3 Å². The molecule has 1 aromatic rings. The normalized spacial score (nSPS) is 25.2. The van der Waals surface area contributed by atoms with E-state index in [1.807, 2.05) is 30.3 Å². The lowest BCUT2D eigenvalue weighted by molar-refractivity contribution is 0.180. The lowest BCUT2D eigenvalue weighted by Crippen LogP contribution is -2.50. The molecule has 2 aliphatic rings. The van der Waals surface area contributed by atoms with E-state index in [0.29, 0.717) is 0 Å².